The van der Waals surface area contributed by atoms with Crippen LogP contribution in [0.4, 0.5) is 5.69 Å². The lowest BCUT2D eigenvalue weighted by Gasteiger charge is -2.38. The number of ether oxygens (including phenoxy) is 1. The molecule has 160 valence electrons. The number of hydrogen-bond donors (Lipinski definition) is 2. The number of nitrogens with one attached hydrogen (secondary N) is 1. The summed E-state index contributed by atoms with van der Waals surface area (Å²) >= 11 is 0. The predicted octanol–water partition coefficient (Wildman–Crippen LogP) is 3.31. The van der Waals surface area contributed by atoms with E-state index in [4.69, 9.17) is 10.5 Å². The highest BCUT2D eigenvalue weighted by atomic mass is 16.5. The Morgan fingerprint density at radius 3 is 2.48 bits per heavy atom. The maximum atomic E-state index is 12.6. The van der Waals surface area contributed by atoms with Crippen LogP contribution in [0.15, 0.2) is 24.3 Å². The minimum absolute atomic E-state index is 0.0791. The molecule has 3 N–H and O–H groups in total. The summed E-state index contributed by atoms with van der Waals surface area (Å²) in [7, 11) is 1.91. The van der Waals surface area contributed by atoms with E-state index in [2.05, 4.69) is 5.32 Å². The molecule has 2 aliphatic carbocycles. The van der Waals surface area contributed by atoms with Gasteiger partial charge in [0.25, 0.3) is 0 Å². The third kappa shape index (κ3) is 5.80. The molecule has 0 spiro atoms. The SMILES string of the molecule is CC(=O)Nc1ccccc1COCC1CCC([C@H](N)C(=O)N(C)C2CCC2)CC1. The van der Waals surface area contributed by atoms with Crippen LogP contribution in [-0.2, 0) is 20.9 Å². The van der Waals surface area contributed by atoms with Gasteiger partial charge in [-0.1, -0.05) is 18.2 Å². The van der Waals surface area contributed by atoms with Crippen molar-refractivity contribution < 1.29 is 14.3 Å². The summed E-state index contributed by atoms with van der Waals surface area (Å²) < 4.78 is 5.96. The van der Waals surface area contributed by atoms with E-state index >= 15 is 0 Å². The number of hydrogen-bond acceptors (Lipinski definition) is 4. The van der Waals surface area contributed by atoms with E-state index in [1.165, 1.54) is 13.3 Å². The van der Waals surface area contributed by atoms with Crippen molar-refractivity contribution in [1.82, 2.24) is 4.90 Å². The molecule has 1 atom stereocenters. The van der Waals surface area contributed by atoms with Crippen LogP contribution in [-0.4, -0.2) is 42.5 Å². The molecule has 0 unspecified atom stereocenters. The number of likely N-dealkylation sites (N-methyl/N-ethyl adjacent to an activating group) is 1. The van der Waals surface area contributed by atoms with Gasteiger partial charge in [-0.3, -0.25) is 9.59 Å². The highest BCUT2D eigenvalue weighted by Crippen LogP contribution is 2.32. The topological polar surface area (TPSA) is 84.7 Å². The molecule has 2 aliphatic rings. The third-order valence-corrected chi connectivity index (χ3v) is 6.59. The number of nitrogens with zero attached hydrogens (tertiary/aromatic N) is 1. The van der Waals surface area contributed by atoms with E-state index in [1.54, 1.807) is 0 Å². The molecule has 29 heavy (non-hydrogen) atoms. The largest absolute Gasteiger partial charge is 0.376 e. The summed E-state index contributed by atoms with van der Waals surface area (Å²) in [6.07, 6.45) is 7.52. The van der Waals surface area contributed by atoms with Crippen molar-refractivity contribution in [1.29, 1.82) is 0 Å². The maximum Gasteiger partial charge on any atom is 0.239 e. The van der Waals surface area contributed by atoms with Crippen molar-refractivity contribution in [2.45, 2.75) is 70.6 Å². The number of amides is 2. The van der Waals surface area contributed by atoms with Gasteiger partial charge in [0, 0.05) is 37.9 Å². The van der Waals surface area contributed by atoms with Crippen LogP contribution in [0, 0.1) is 11.8 Å². The molecule has 6 heteroatoms. The second kappa shape index (κ2) is 10.2. The van der Waals surface area contributed by atoms with Gasteiger partial charge in [0.2, 0.25) is 11.8 Å². The molecule has 2 saturated carbocycles. The van der Waals surface area contributed by atoms with Crippen molar-refractivity contribution in [2.24, 2.45) is 17.6 Å². The minimum atomic E-state index is -0.369. The molecule has 0 aromatic heterocycles. The number of anilines is 1. The standard InChI is InChI=1S/C23H35N3O3/c1-16(27)25-21-9-4-3-6-19(21)15-29-14-17-10-12-18(13-11-17)22(24)23(28)26(2)20-7-5-8-20/h3-4,6,9,17-18,20,22H,5,7-8,10-15,24H2,1-2H3,(H,25,27)/t17?,18?,22-/m0/s1. The zero-order chi connectivity index (χ0) is 20.8. The van der Waals surface area contributed by atoms with Crippen LogP contribution in [0.3, 0.4) is 0 Å². The average molecular weight is 402 g/mol. The molecule has 0 bridgehead atoms. The monoisotopic (exact) mass is 401 g/mol. The van der Waals surface area contributed by atoms with Crippen LogP contribution in [0.2, 0.25) is 0 Å². The molecule has 0 radical (unpaired) electrons. The molecule has 0 aliphatic heterocycles. The van der Waals surface area contributed by atoms with Gasteiger partial charge in [-0.25, -0.2) is 0 Å². The van der Waals surface area contributed by atoms with Crippen LogP contribution in [0.25, 0.3) is 0 Å². The zero-order valence-electron chi connectivity index (χ0n) is 17.7. The lowest BCUT2D eigenvalue weighted by atomic mass is 9.78. The van der Waals surface area contributed by atoms with E-state index < -0.39 is 0 Å². The predicted molar refractivity (Wildman–Crippen MR) is 114 cm³/mol. The second-order valence-electron chi connectivity index (χ2n) is 8.69. The molecule has 2 amide bonds. The van der Waals surface area contributed by atoms with Gasteiger partial charge in [-0.2, -0.15) is 0 Å². The number of nitrogens with two attached hydrogens (primary N) is 1. The Labute approximate surface area is 174 Å². The number of carbonyl (C=O) groups is 2. The van der Waals surface area contributed by atoms with Crippen molar-refractivity contribution in [3.63, 3.8) is 0 Å². The molecular formula is C23H35N3O3. The summed E-state index contributed by atoms with van der Waals surface area (Å²) in [6.45, 7) is 2.70. The molecule has 2 fully saturated rings. The Balaban J connectivity index is 1.40. The van der Waals surface area contributed by atoms with Crippen LogP contribution in [0.5, 0.6) is 0 Å². The van der Waals surface area contributed by atoms with E-state index in [0.717, 1.165) is 49.8 Å². The molecule has 1 aromatic carbocycles. The highest BCUT2D eigenvalue weighted by Gasteiger charge is 2.34. The first kappa shape index (κ1) is 21.8. The van der Waals surface area contributed by atoms with Crippen molar-refractivity contribution >= 4 is 17.5 Å². The molecule has 0 saturated heterocycles. The van der Waals surface area contributed by atoms with E-state index in [0.29, 0.717) is 25.2 Å². The Kier molecular flexibility index (Phi) is 7.67. The summed E-state index contributed by atoms with van der Waals surface area (Å²) in [5, 5.41) is 2.85. The Morgan fingerprint density at radius 1 is 1.17 bits per heavy atom. The fourth-order valence-corrected chi connectivity index (χ4v) is 4.40. The highest BCUT2D eigenvalue weighted by molar-refractivity contribution is 5.89. The van der Waals surface area contributed by atoms with Gasteiger partial charge in [0.15, 0.2) is 0 Å². The summed E-state index contributed by atoms with van der Waals surface area (Å²) in [5.74, 6) is 0.821. The van der Waals surface area contributed by atoms with Gasteiger partial charge in [-0.15, -0.1) is 0 Å². The third-order valence-electron chi connectivity index (χ3n) is 6.59. The van der Waals surface area contributed by atoms with Gasteiger partial charge < -0.3 is 20.7 Å². The van der Waals surface area contributed by atoms with Crippen LogP contribution in [0.1, 0.15) is 57.4 Å². The number of carbonyl (C=O) groups excluding carboxylic acids is 2. The Bertz CT molecular complexity index is 696. The van der Waals surface area contributed by atoms with Gasteiger partial charge in [-0.05, 0) is 62.8 Å². The first-order valence-electron chi connectivity index (χ1n) is 10.9. The van der Waals surface area contributed by atoms with Crippen molar-refractivity contribution in [3.8, 4) is 0 Å². The Hall–Kier alpha value is -1.92. The Morgan fingerprint density at radius 2 is 1.86 bits per heavy atom. The average Bonchev–Trinajstić information content (AvgIpc) is 2.67. The number of benzene rings is 1. The second-order valence-corrected chi connectivity index (χ2v) is 8.69. The van der Waals surface area contributed by atoms with Crippen LogP contribution >= 0.6 is 0 Å². The van der Waals surface area contributed by atoms with Crippen molar-refractivity contribution in [3.05, 3.63) is 29.8 Å². The minimum Gasteiger partial charge on any atom is -0.376 e. The smallest absolute Gasteiger partial charge is 0.239 e. The van der Waals surface area contributed by atoms with E-state index in [9.17, 15) is 9.59 Å². The lowest BCUT2D eigenvalue weighted by Crippen LogP contribution is -2.52. The number of para-hydroxylation sites is 1. The van der Waals surface area contributed by atoms with Crippen molar-refractivity contribution in [2.75, 3.05) is 19.0 Å². The normalized spacial score (nSPS) is 23.1. The molecule has 3 rings (SSSR count). The quantitative estimate of drug-likeness (QED) is 0.700. The molecular weight excluding hydrogens is 366 g/mol. The first-order chi connectivity index (χ1) is 14.0. The van der Waals surface area contributed by atoms with Crippen LogP contribution < -0.4 is 11.1 Å². The first-order valence-corrected chi connectivity index (χ1v) is 10.9. The molecule has 1 aromatic rings. The molecule has 6 nitrogen and oxygen atoms in total. The summed E-state index contributed by atoms with van der Waals surface area (Å²) in [6, 6.07) is 7.76. The zero-order valence-corrected chi connectivity index (χ0v) is 17.7. The lowest BCUT2D eigenvalue weighted by molar-refractivity contribution is -0.136. The van der Waals surface area contributed by atoms with E-state index in [1.807, 2.05) is 36.2 Å². The summed E-state index contributed by atoms with van der Waals surface area (Å²) in [4.78, 5) is 25.9. The van der Waals surface area contributed by atoms with Gasteiger partial charge in [0.05, 0.1) is 12.6 Å². The fraction of sp³-hybridized carbons (Fsp3) is 0.652. The summed E-state index contributed by atoms with van der Waals surface area (Å²) in [5.41, 5.74) is 8.13. The fourth-order valence-electron chi connectivity index (χ4n) is 4.40. The van der Waals surface area contributed by atoms with E-state index in [-0.39, 0.29) is 23.8 Å². The number of rotatable bonds is 8. The maximum absolute atomic E-state index is 12.6. The molecule has 0 heterocycles. The van der Waals surface area contributed by atoms with Gasteiger partial charge in [0.1, 0.15) is 0 Å². The van der Waals surface area contributed by atoms with Gasteiger partial charge >= 0.3 is 0 Å².